The number of nitrogens with one attached hydrogen (secondary N) is 1. The average molecular weight is 472 g/mol. The number of nitrogens with zero attached hydrogens (tertiary/aromatic N) is 1. The Morgan fingerprint density at radius 3 is 2.18 bits per heavy atom. The van der Waals surface area contributed by atoms with Crippen LogP contribution in [0, 0.1) is 0 Å². The van der Waals surface area contributed by atoms with Crippen molar-refractivity contribution in [2.45, 2.75) is 13.0 Å². The molecule has 1 amide bonds. The predicted molar refractivity (Wildman–Crippen MR) is 133 cm³/mol. The molecule has 1 N–H and O–H groups in total. The minimum Gasteiger partial charge on any atom is -0.496 e. The van der Waals surface area contributed by atoms with Crippen LogP contribution in [0.2, 0.25) is 5.02 Å². The molecule has 0 aliphatic rings. The number of carbonyl (C=O) groups excluding carboxylic acids is 2. The molecule has 0 aliphatic carbocycles. The first kappa shape index (κ1) is 23.2. The van der Waals surface area contributed by atoms with Crippen molar-refractivity contribution in [1.82, 2.24) is 0 Å². The van der Waals surface area contributed by atoms with E-state index in [2.05, 4.69) is 5.32 Å². The van der Waals surface area contributed by atoms with Gasteiger partial charge >= 0.3 is 0 Å². The molecule has 6 heteroatoms. The van der Waals surface area contributed by atoms with Crippen molar-refractivity contribution in [3.8, 4) is 5.75 Å². The summed E-state index contributed by atoms with van der Waals surface area (Å²) in [6.45, 7) is 0.266. The lowest BCUT2D eigenvalue weighted by atomic mass is 10.1. The topological polar surface area (TPSA) is 59.3 Å². The number of para-hydroxylation sites is 1. The van der Waals surface area contributed by atoms with Gasteiger partial charge < -0.3 is 10.1 Å². The summed E-state index contributed by atoms with van der Waals surface area (Å²) in [5.41, 5.74) is 4.08. The number of pyridine rings is 1. The van der Waals surface area contributed by atoms with Crippen LogP contribution in [0.15, 0.2) is 97.3 Å². The largest absolute Gasteiger partial charge is 0.496 e. The molecule has 3 aromatic carbocycles. The fourth-order valence-corrected chi connectivity index (χ4v) is 3.70. The Bertz CT molecular complexity index is 1280. The highest BCUT2D eigenvalue weighted by atomic mass is 35.5. The summed E-state index contributed by atoms with van der Waals surface area (Å²) in [4.78, 5) is 25.0. The van der Waals surface area contributed by atoms with Crippen LogP contribution in [0.1, 0.15) is 31.8 Å². The van der Waals surface area contributed by atoms with Gasteiger partial charge in [-0.05, 0) is 66.1 Å². The minimum atomic E-state index is -0.217. The number of benzene rings is 3. The molecule has 0 saturated carbocycles. The molecule has 4 rings (SSSR count). The van der Waals surface area contributed by atoms with Crippen molar-refractivity contribution in [1.29, 1.82) is 0 Å². The van der Waals surface area contributed by atoms with Crippen molar-refractivity contribution < 1.29 is 18.9 Å². The predicted octanol–water partition coefficient (Wildman–Crippen LogP) is 5.36. The van der Waals surface area contributed by atoms with Gasteiger partial charge in [-0.3, -0.25) is 9.59 Å². The monoisotopic (exact) mass is 471 g/mol. The molecule has 0 spiro atoms. The molecular weight excluding hydrogens is 448 g/mol. The molecule has 0 saturated heterocycles. The second-order valence-electron chi connectivity index (χ2n) is 7.84. The molecule has 0 aliphatic heterocycles. The highest BCUT2D eigenvalue weighted by Crippen LogP contribution is 2.20. The fourth-order valence-electron chi connectivity index (χ4n) is 3.58. The third-order valence-corrected chi connectivity index (χ3v) is 5.68. The maximum absolute atomic E-state index is 12.6. The molecule has 170 valence electrons. The first-order chi connectivity index (χ1) is 16.5. The fraction of sp³-hybridized carbons (Fsp3) is 0.107. The third kappa shape index (κ3) is 5.88. The van der Waals surface area contributed by atoms with E-state index in [0.717, 1.165) is 17.5 Å². The SMILES string of the molecule is COc1ccccc1C(=O)Nc1ccc(Cc2cc[n+](CC(=O)c3ccc(Cl)cc3)cc2)cc1. The number of carbonyl (C=O) groups is 2. The van der Waals surface area contributed by atoms with Crippen molar-refractivity contribution >= 4 is 29.0 Å². The van der Waals surface area contributed by atoms with E-state index in [-0.39, 0.29) is 18.2 Å². The van der Waals surface area contributed by atoms with Crippen molar-refractivity contribution in [2.24, 2.45) is 0 Å². The van der Waals surface area contributed by atoms with Gasteiger partial charge in [0.2, 0.25) is 12.3 Å². The molecular formula is C28H24ClN2O3+. The lowest BCUT2D eigenvalue weighted by Crippen LogP contribution is -2.37. The summed E-state index contributed by atoms with van der Waals surface area (Å²) >= 11 is 5.89. The van der Waals surface area contributed by atoms with E-state index >= 15 is 0 Å². The molecule has 0 bridgehead atoms. The number of methoxy groups -OCH3 is 1. The molecule has 5 nitrogen and oxygen atoms in total. The lowest BCUT2D eigenvalue weighted by molar-refractivity contribution is -0.683. The smallest absolute Gasteiger partial charge is 0.259 e. The zero-order valence-electron chi connectivity index (χ0n) is 18.7. The van der Waals surface area contributed by atoms with E-state index in [1.165, 1.54) is 0 Å². The third-order valence-electron chi connectivity index (χ3n) is 5.42. The Morgan fingerprint density at radius 2 is 1.50 bits per heavy atom. The summed E-state index contributed by atoms with van der Waals surface area (Å²) in [7, 11) is 1.55. The maximum Gasteiger partial charge on any atom is 0.259 e. The Hall–Kier alpha value is -3.96. The van der Waals surface area contributed by atoms with Gasteiger partial charge in [0.05, 0.1) is 12.7 Å². The van der Waals surface area contributed by atoms with Crippen LogP contribution in [-0.4, -0.2) is 18.8 Å². The second-order valence-corrected chi connectivity index (χ2v) is 8.27. The summed E-state index contributed by atoms with van der Waals surface area (Å²) in [6, 6.07) is 25.8. The van der Waals surface area contributed by atoms with Gasteiger partial charge in [0.25, 0.3) is 5.91 Å². The van der Waals surface area contributed by atoms with Crippen LogP contribution < -0.4 is 14.6 Å². The van der Waals surface area contributed by atoms with Gasteiger partial charge in [0.15, 0.2) is 12.4 Å². The van der Waals surface area contributed by atoms with Gasteiger partial charge in [0.1, 0.15) is 5.75 Å². The quantitative estimate of drug-likeness (QED) is 0.278. The summed E-state index contributed by atoms with van der Waals surface area (Å²) < 4.78 is 7.12. The number of ether oxygens (including phenoxy) is 1. The number of halogens is 1. The summed E-state index contributed by atoms with van der Waals surface area (Å²) in [5, 5.41) is 3.52. The Balaban J connectivity index is 1.34. The summed E-state index contributed by atoms with van der Waals surface area (Å²) in [6.07, 6.45) is 4.56. The zero-order valence-corrected chi connectivity index (χ0v) is 19.5. The first-order valence-electron chi connectivity index (χ1n) is 10.8. The number of anilines is 1. The number of hydrogen-bond donors (Lipinski definition) is 1. The number of amides is 1. The maximum atomic E-state index is 12.6. The average Bonchev–Trinajstić information content (AvgIpc) is 2.86. The number of aromatic nitrogens is 1. The number of Topliss-reactive ketones (excluding diaryl/α,β-unsaturated/α-hetero) is 1. The first-order valence-corrected chi connectivity index (χ1v) is 11.2. The Kier molecular flexibility index (Phi) is 7.35. The lowest BCUT2D eigenvalue weighted by Gasteiger charge is -2.09. The second kappa shape index (κ2) is 10.8. The van der Waals surface area contributed by atoms with Crippen molar-refractivity contribution in [2.75, 3.05) is 12.4 Å². The number of ketones is 1. The van der Waals surface area contributed by atoms with Gasteiger partial charge in [-0.2, -0.15) is 4.57 Å². The number of hydrogen-bond acceptors (Lipinski definition) is 3. The van der Waals surface area contributed by atoms with Crippen LogP contribution in [0.3, 0.4) is 0 Å². The highest BCUT2D eigenvalue weighted by molar-refractivity contribution is 6.30. The van der Waals surface area contributed by atoms with E-state index < -0.39 is 0 Å². The molecule has 0 atom stereocenters. The standard InChI is InChI=1S/C28H23ClN2O3/c1-34-27-5-3-2-4-25(27)28(33)30-24-12-6-20(7-13-24)18-21-14-16-31(17-15-21)19-26(32)22-8-10-23(29)11-9-22/h2-17H,18-19H2,1H3/p+1. The Labute approximate surface area is 203 Å². The van der Waals surface area contributed by atoms with Gasteiger partial charge in [0, 0.05) is 28.4 Å². The van der Waals surface area contributed by atoms with Crippen LogP contribution in [0.25, 0.3) is 0 Å². The van der Waals surface area contributed by atoms with E-state index in [0.29, 0.717) is 27.6 Å². The van der Waals surface area contributed by atoms with E-state index in [1.807, 2.05) is 59.4 Å². The highest BCUT2D eigenvalue weighted by Gasteiger charge is 2.13. The molecule has 34 heavy (non-hydrogen) atoms. The molecule has 1 heterocycles. The van der Waals surface area contributed by atoms with Gasteiger partial charge in [-0.25, -0.2) is 0 Å². The van der Waals surface area contributed by atoms with E-state index in [9.17, 15) is 9.59 Å². The van der Waals surface area contributed by atoms with Gasteiger partial charge in [-0.1, -0.05) is 35.9 Å². The van der Waals surface area contributed by atoms with Crippen LogP contribution in [-0.2, 0) is 13.0 Å². The molecule has 1 aromatic heterocycles. The van der Waals surface area contributed by atoms with Crippen LogP contribution in [0.5, 0.6) is 5.75 Å². The normalized spacial score (nSPS) is 10.5. The van der Waals surface area contributed by atoms with Crippen LogP contribution >= 0.6 is 11.6 Å². The minimum absolute atomic E-state index is 0.0279. The zero-order chi connectivity index (χ0) is 23.9. The summed E-state index contributed by atoms with van der Waals surface area (Å²) in [5.74, 6) is 0.346. The molecule has 4 aromatic rings. The van der Waals surface area contributed by atoms with Gasteiger partial charge in [-0.15, -0.1) is 0 Å². The molecule has 0 radical (unpaired) electrons. The molecule has 0 unspecified atom stereocenters. The van der Waals surface area contributed by atoms with Crippen molar-refractivity contribution in [3.05, 3.63) is 125 Å². The Morgan fingerprint density at radius 1 is 0.853 bits per heavy atom. The van der Waals surface area contributed by atoms with Crippen LogP contribution in [0.4, 0.5) is 5.69 Å². The van der Waals surface area contributed by atoms with Crippen molar-refractivity contribution in [3.63, 3.8) is 0 Å². The molecule has 0 fully saturated rings. The van der Waals surface area contributed by atoms with E-state index in [1.54, 1.807) is 49.6 Å². The van der Waals surface area contributed by atoms with E-state index in [4.69, 9.17) is 16.3 Å². The number of rotatable bonds is 8.